The molecule has 1 aromatic rings. The van der Waals surface area contributed by atoms with Gasteiger partial charge in [-0.15, -0.1) is 0 Å². The quantitative estimate of drug-likeness (QED) is 0.781. The molecule has 5 heteroatoms. The van der Waals surface area contributed by atoms with Crippen LogP contribution in [-0.2, 0) is 0 Å². The molecule has 1 heterocycles. The van der Waals surface area contributed by atoms with Crippen LogP contribution in [0.3, 0.4) is 0 Å². The molecule has 0 aliphatic heterocycles. The zero-order valence-electron chi connectivity index (χ0n) is 14.6. The molecule has 0 bridgehead atoms. The van der Waals surface area contributed by atoms with Gasteiger partial charge in [-0.1, -0.05) is 39.5 Å². The van der Waals surface area contributed by atoms with Gasteiger partial charge in [-0.25, -0.2) is 9.97 Å². The Balaban J connectivity index is 2.03. The van der Waals surface area contributed by atoms with Crippen LogP contribution in [-0.4, -0.2) is 35.0 Å². The molecule has 1 aliphatic carbocycles. The fourth-order valence-corrected chi connectivity index (χ4v) is 3.16. The number of amides is 1. The molecule has 0 spiro atoms. The molecule has 0 unspecified atom stereocenters. The Bertz CT molecular complexity index is 478. The van der Waals surface area contributed by atoms with E-state index in [4.69, 9.17) is 0 Å². The summed E-state index contributed by atoms with van der Waals surface area (Å²) < 4.78 is 0. The highest BCUT2D eigenvalue weighted by Gasteiger charge is 2.18. The highest BCUT2D eigenvalue weighted by Crippen LogP contribution is 2.17. The summed E-state index contributed by atoms with van der Waals surface area (Å²) in [5.41, 5.74) is 0.483. The van der Waals surface area contributed by atoms with Crippen molar-refractivity contribution in [1.29, 1.82) is 0 Å². The Labute approximate surface area is 139 Å². The van der Waals surface area contributed by atoms with Crippen LogP contribution in [0.4, 0.5) is 5.95 Å². The van der Waals surface area contributed by atoms with Crippen LogP contribution in [0.15, 0.2) is 12.3 Å². The second kappa shape index (κ2) is 9.48. The van der Waals surface area contributed by atoms with Crippen molar-refractivity contribution in [3.63, 3.8) is 0 Å². The number of nitrogens with zero attached hydrogens (tertiary/aromatic N) is 3. The molecule has 0 aromatic carbocycles. The van der Waals surface area contributed by atoms with Crippen LogP contribution in [0.5, 0.6) is 0 Å². The lowest BCUT2D eigenvalue weighted by Crippen LogP contribution is -2.35. The first-order valence-corrected chi connectivity index (χ1v) is 9.13. The summed E-state index contributed by atoms with van der Waals surface area (Å²) in [5.74, 6) is 0.607. The van der Waals surface area contributed by atoms with Crippen molar-refractivity contribution in [1.82, 2.24) is 15.3 Å². The molecule has 0 radical (unpaired) electrons. The third-order valence-corrected chi connectivity index (χ3v) is 4.34. The lowest BCUT2D eigenvalue weighted by atomic mass is 10.1. The third-order valence-electron chi connectivity index (χ3n) is 4.34. The summed E-state index contributed by atoms with van der Waals surface area (Å²) in [7, 11) is 0. The van der Waals surface area contributed by atoms with E-state index >= 15 is 0 Å². The molecule has 1 aromatic heterocycles. The number of anilines is 1. The smallest absolute Gasteiger partial charge is 0.270 e. The van der Waals surface area contributed by atoms with Crippen molar-refractivity contribution < 1.29 is 4.79 Å². The average Bonchev–Trinajstić information content (AvgIpc) is 2.83. The van der Waals surface area contributed by atoms with Gasteiger partial charge < -0.3 is 10.2 Å². The Morgan fingerprint density at radius 1 is 1.17 bits per heavy atom. The number of hydrogen-bond donors (Lipinski definition) is 1. The van der Waals surface area contributed by atoms with Crippen LogP contribution in [0, 0.1) is 0 Å². The largest absolute Gasteiger partial charge is 0.348 e. The standard InChI is InChI=1S/C18H30N4O/c1-3-13-22(14-4-2)18-19-12-11-16(21-18)17(23)20-15-9-7-5-6-8-10-15/h11-12,15H,3-10,13-14H2,1-2H3,(H,20,23). The molecule has 1 fully saturated rings. The van der Waals surface area contributed by atoms with E-state index in [0.717, 1.165) is 38.8 Å². The number of aromatic nitrogens is 2. The second-order valence-electron chi connectivity index (χ2n) is 6.39. The molecule has 1 N–H and O–H groups in total. The van der Waals surface area contributed by atoms with E-state index in [1.807, 2.05) is 0 Å². The van der Waals surface area contributed by atoms with E-state index in [2.05, 4.69) is 34.0 Å². The van der Waals surface area contributed by atoms with Gasteiger partial charge in [0, 0.05) is 25.3 Å². The first kappa shape index (κ1) is 17.7. The van der Waals surface area contributed by atoms with E-state index in [1.54, 1.807) is 12.3 Å². The first-order chi connectivity index (χ1) is 11.2. The van der Waals surface area contributed by atoms with Crippen LogP contribution in [0.1, 0.15) is 75.7 Å². The van der Waals surface area contributed by atoms with E-state index in [1.165, 1.54) is 25.7 Å². The normalized spacial score (nSPS) is 15.9. The summed E-state index contributed by atoms with van der Waals surface area (Å²) in [4.78, 5) is 23.5. The summed E-state index contributed by atoms with van der Waals surface area (Å²) in [6.07, 6.45) is 10.9. The Hall–Kier alpha value is -1.65. The lowest BCUT2D eigenvalue weighted by Gasteiger charge is -2.22. The number of carbonyl (C=O) groups excluding carboxylic acids is 1. The molecule has 1 saturated carbocycles. The highest BCUT2D eigenvalue weighted by molar-refractivity contribution is 5.92. The second-order valence-corrected chi connectivity index (χ2v) is 6.39. The maximum absolute atomic E-state index is 12.5. The molecule has 1 amide bonds. The van der Waals surface area contributed by atoms with Crippen molar-refractivity contribution in [2.45, 2.75) is 71.3 Å². The molecule has 0 atom stereocenters. The fourth-order valence-electron chi connectivity index (χ4n) is 3.16. The SMILES string of the molecule is CCCN(CCC)c1nccc(C(=O)NC2CCCCCC2)n1. The molecular formula is C18H30N4O. The fraction of sp³-hybridized carbons (Fsp3) is 0.722. The predicted molar refractivity (Wildman–Crippen MR) is 93.8 cm³/mol. The topological polar surface area (TPSA) is 58.1 Å². The molecule has 2 rings (SSSR count). The van der Waals surface area contributed by atoms with Gasteiger partial charge in [0.2, 0.25) is 5.95 Å². The number of rotatable bonds is 7. The average molecular weight is 318 g/mol. The van der Waals surface area contributed by atoms with Crippen molar-refractivity contribution in [3.05, 3.63) is 18.0 Å². The van der Waals surface area contributed by atoms with Crippen molar-refractivity contribution in [2.24, 2.45) is 0 Å². The summed E-state index contributed by atoms with van der Waals surface area (Å²) >= 11 is 0. The minimum Gasteiger partial charge on any atom is -0.348 e. The van der Waals surface area contributed by atoms with E-state index in [0.29, 0.717) is 17.7 Å². The van der Waals surface area contributed by atoms with Gasteiger partial charge in [-0.05, 0) is 31.7 Å². The number of nitrogens with one attached hydrogen (secondary N) is 1. The zero-order valence-corrected chi connectivity index (χ0v) is 14.6. The van der Waals surface area contributed by atoms with Crippen LogP contribution in [0.2, 0.25) is 0 Å². The van der Waals surface area contributed by atoms with Gasteiger partial charge >= 0.3 is 0 Å². The van der Waals surface area contributed by atoms with Crippen LogP contribution in [0.25, 0.3) is 0 Å². The maximum atomic E-state index is 12.5. The molecule has 23 heavy (non-hydrogen) atoms. The van der Waals surface area contributed by atoms with Gasteiger partial charge in [-0.2, -0.15) is 0 Å². The molecule has 128 valence electrons. The molecule has 5 nitrogen and oxygen atoms in total. The Kier molecular flexibility index (Phi) is 7.30. The molecular weight excluding hydrogens is 288 g/mol. The third kappa shape index (κ3) is 5.48. The molecule has 1 aliphatic rings. The van der Waals surface area contributed by atoms with Crippen molar-refractivity contribution in [2.75, 3.05) is 18.0 Å². The predicted octanol–water partition coefficient (Wildman–Crippen LogP) is 3.56. The Morgan fingerprint density at radius 3 is 2.43 bits per heavy atom. The van der Waals surface area contributed by atoms with E-state index in [9.17, 15) is 4.79 Å². The minimum atomic E-state index is -0.0616. The van der Waals surface area contributed by atoms with Gasteiger partial charge in [0.25, 0.3) is 5.91 Å². The number of carbonyl (C=O) groups is 1. The maximum Gasteiger partial charge on any atom is 0.270 e. The van der Waals surface area contributed by atoms with Crippen LogP contribution < -0.4 is 10.2 Å². The van der Waals surface area contributed by atoms with E-state index < -0.39 is 0 Å². The van der Waals surface area contributed by atoms with Crippen LogP contribution >= 0.6 is 0 Å². The number of hydrogen-bond acceptors (Lipinski definition) is 4. The minimum absolute atomic E-state index is 0.0616. The zero-order chi connectivity index (χ0) is 16.5. The van der Waals surface area contributed by atoms with Gasteiger partial charge in [0.15, 0.2) is 0 Å². The summed E-state index contributed by atoms with van der Waals surface area (Å²) in [6.45, 7) is 6.12. The summed E-state index contributed by atoms with van der Waals surface area (Å²) in [6, 6.07) is 2.01. The van der Waals surface area contributed by atoms with Crippen molar-refractivity contribution in [3.8, 4) is 0 Å². The van der Waals surface area contributed by atoms with Crippen molar-refractivity contribution >= 4 is 11.9 Å². The van der Waals surface area contributed by atoms with Gasteiger partial charge in [0.1, 0.15) is 5.69 Å². The van der Waals surface area contributed by atoms with Gasteiger partial charge in [0.05, 0.1) is 0 Å². The summed E-state index contributed by atoms with van der Waals surface area (Å²) in [5, 5.41) is 3.16. The monoisotopic (exact) mass is 318 g/mol. The first-order valence-electron chi connectivity index (χ1n) is 9.13. The van der Waals surface area contributed by atoms with Gasteiger partial charge in [-0.3, -0.25) is 4.79 Å². The highest BCUT2D eigenvalue weighted by atomic mass is 16.1. The molecule has 0 saturated heterocycles. The lowest BCUT2D eigenvalue weighted by molar-refractivity contribution is 0.0928. The Morgan fingerprint density at radius 2 is 1.83 bits per heavy atom. The van der Waals surface area contributed by atoms with E-state index in [-0.39, 0.29) is 5.91 Å².